The van der Waals surface area contributed by atoms with Gasteiger partial charge in [0.2, 0.25) is 0 Å². The van der Waals surface area contributed by atoms with Crippen LogP contribution < -0.4 is 0 Å². The molecule has 1 aliphatic heterocycles. The SMILES string of the molecule is CC1([C@H]2CC[C@H]3[C@@H]4CC[C@H]5C[C@H](O)CC[C@]5(C)[C@H]4CC[C@]23CC=O)OCCO1. The van der Waals surface area contributed by atoms with Crippen molar-refractivity contribution in [2.24, 2.45) is 40.4 Å². The lowest BCUT2D eigenvalue weighted by molar-refractivity contribution is -0.222. The van der Waals surface area contributed by atoms with Crippen molar-refractivity contribution in [3.8, 4) is 0 Å². The zero-order valence-corrected chi connectivity index (χ0v) is 17.7. The van der Waals surface area contributed by atoms with Crippen LogP contribution in [0.4, 0.5) is 0 Å². The third kappa shape index (κ3) is 2.63. The van der Waals surface area contributed by atoms with Gasteiger partial charge in [-0.25, -0.2) is 0 Å². The third-order valence-electron chi connectivity index (χ3n) is 10.3. The molecule has 4 heteroatoms. The summed E-state index contributed by atoms with van der Waals surface area (Å²) in [6, 6.07) is 0. The maximum atomic E-state index is 11.9. The first-order valence-corrected chi connectivity index (χ1v) is 11.8. The normalized spacial score (nSPS) is 52.5. The van der Waals surface area contributed by atoms with E-state index in [0.717, 1.165) is 37.5 Å². The van der Waals surface area contributed by atoms with E-state index in [-0.39, 0.29) is 11.5 Å². The van der Waals surface area contributed by atoms with Gasteiger partial charge >= 0.3 is 0 Å². The summed E-state index contributed by atoms with van der Waals surface area (Å²) >= 11 is 0. The van der Waals surface area contributed by atoms with Gasteiger partial charge < -0.3 is 19.4 Å². The van der Waals surface area contributed by atoms with Crippen molar-refractivity contribution >= 4 is 6.29 Å². The Morgan fingerprint density at radius 1 is 0.964 bits per heavy atom. The maximum Gasteiger partial charge on any atom is 0.169 e. The highest BCUT2D eigenvalue weighted by Crippen LogP contribution is 2.69. The Morgan fingerprint density at radius 2 is 1.75 bits per heavy atom. The molecule has 4 saturated carbocycles. The molecule has 1 saturated heterocycles. The van der Waals surface area contributed by atoms with Crippen molar-refractivity contribution in [1.82, 2.24) is 0 Å². The molecular formula is C24H38O4. The highest BCUT2D eigenvalue weighted by molar-refractivity contribution is 5.51. The first-order chi connectivity index (χ1) is 13.4. The topological polar surface area (TPSA) is 55.8 Å². The predicted molar refractivity (Wildman–Crippen MR) is 107 cm³/mol. The quantitative estimate of drug-likeness (QED) is 0.729. The molecule has 0 amide bonds. The average molecular weight is 391 g/mol. The molecule has 5 aliphatic rings. The van der Waals surface area contributed by atoms with E-state index in [2.05, 4.69) is 13.8 Å². The van der Waals surface area contributed by atoms with E-state index >= 15 is 0 Å². The Kier molecular flexibility index (Phi) is 4.73. The Morgan fingerprint density at radius 3 is 2.50 bits per heavy atom. The van der Waals surface area contributed by atoms with Gasteiger partial charge in [-0.1, -0.05) is 6.92 Å². The number of rotatable bonds is 3. The second kappa shape index (κ2) is 6.78. The average Bonchev–Trinajstić information content (AvgIpc) is 3.27. The summed E-state index contributed by atoms with van der Waals surface area (Å²) in [5.74, 6) is 2.67. The predicted octanol–water partition coefficient (Wildman–Crippen LogP) is 4.34. The van der Waals surface area contributed by atoms with Gasteiger partial charge in [0, 0.05) is 12.3 Å². The van der Waals surface area contributed by atoms with Gasteiger partial charge in [-0.2, -0.15) is 0 Å². The second-order valence-electron chi connectivity index (χ2n) is 11.1. The first kappa shape index (κ1) is 19.5. The molecule has 158 valence electrons. The molecule has 4 aliphatic carbocycles. The number of aliphatic hydroxyl groups is 1. The van der Waals surface area contributed by atoms with E-state index < -0.39 is 5.79 Å². The lowest BCUT2D eigenvalue weighted by Crippen LogP contribution is -2.56. The molecule has 0 bridgehead atoms. The number of carbonyl (C=O) groups excluding carboxylic acids is 1. The van der Waals surface area contributed by atoms with Crippen LogP contribution in [0.15, 0.2) is 0 Å². The minimum absolute atomic E-state index is 0.0688. The van der Waals surface area contributed by atoms with Crippen LogP contribution in [0.25, 0.3) is 0 Å². The molecule has 1 N–H and O–H groups in total. The summed E-state index contributed by atoms with van der Waals surface area (Å²) in [7, 11) is 0. The minimum Gasteiger partial charge on any atom is -0.393 e. The van der Waals surface area contributed by atoms with E-state index in [1.807, 2.05) is 0 Å². The first-order valence-electron chi connectivity index (χ1n) is 11.8. The van der Waals surface area contributed by atoms with Gasteiger partial charge in [0.05, 0.1) is 19.3 Å². The molecule has 8 atom stereocenters. The minimum atomic E-state index is -0.499. The molecule has 4 nitrogen and oxygen atoms in total. The fraction of sp³-hybridized carbons (Fsp3) is 0.958. The molecule has 0 aromatic heterocycles. The summed E-state index contributed by atoms with van der Waals surface area (Å²) in [4.78, 5) is 11.9. The van der Waals surface area contributed by atoms with Crippen LogP contribution in [0.1, 0.15) is 78.1 Å². The molecular weight excluding hydrogens is 352 g/mol. The van der Waals surface area contributed by atoms with Crippen LogP contribution in [0.2, 0.25) is 0 Å². The van der Waals surface area contributed by atoms with Crippen molar-refractivity contribution in [2.45, 2.75) is 89.9 Å². The molecule has 0 aromatic rings. The molecule has 5 fully saturated rings. The van der Waals surface area contributed by atoms with E-state index in [0.29, 0.717) is 42.8 Å². The van der Waals surface area contributed by atoms with Gasteiger partial charge in [-0.3, -0.25) is 0 Å². The number of ether oxygens (including phenoxy) is 2. The van der Waals surface area contributed by atoms with Crippen LogP contribution in [-0.2, 0) is 14.3 Å². The molecule has 0 aromatic carbocycles. The number of carbonyl (C=O) groups is 1. The number of aldehydes is 1. The standard InChI is InChI=1S/C24H38O4/c1-22-9-7-17(26)15-16(22)3-4-18-19(22)8-10-24(11-12-25)20(18)5-6-21(24)23(2)27-13-14-28-23/h12,16-21,26H,3-11,13-15H2,1-2H3/t16-,17+,18+,19-,20-,21+,22-,24+/m0/s1. The summed E-state index contributed by atoms with van der Waals surface area (Å²) in [5, 5.41) is 10.2. The van der Waals surface area contributed by atoms with E-state index in [1.54, 1.807) is 0 Å². The summed E-state index contributed by atoms with van der Waals surface area (Å²) in [6.07, 6.45) is 12.2. The Labute approximate surface area is 169 Å². The molecule has 5 rings (SSSR count). The summed E-state index contributed by atoms with van der Waals surface area (Å²) < 4.78 is 12.3. The van der Waals surface area contributed by atoms with Crippen molar-refractivity contribution in [1.29, 1.82) is 0 Å². The van der Waals surface area contributed by atoms with Gasteiger partial charge in [-0.05, 0) is 99.2 Å². The fourth-order valence-electron chi connectivity index (χ4n) is 9.11. The summed E-state index contributed by atoms with van der Waals surface area (Å²) in [5.41, 5.74) is 0.456. The molecule has 0 radical (unpaired) electrons. The summed E-state index contributed by atoms with van der Waals surface area (Å²) in [6.45, 7) is 6.03. The van der Waals surface area contributed by atoms with E-state index in [4.69, 9.17) is 9.47 Å². The number of hydrogen-bond acceptors (Lipinski definition) is 4. The van der Waals surface area contributed by atoms with Crippen LogP contribution in [0.3, 0.4) is 0 Å². The lowest BCUT2D eigenvalue weighted by atomic mass is 9.44. The monoisotopic (exact) mass is 390 g/mol. The number of hydrogen-bond donors (Lipinski definition) is 1. The highest BCUT2D eigenvalue weighted by Gasteiger charge is 2.65. The van der Waals surface area contributed by atoms with Gasteiger partial charge in [0.15, 0.2) is 5.79 Å². The van der Waals surface area contributed by atoms with Crippen molar-refractivity contribution in [3.05, 3.63) is 0 Å². The van der Waals surface area contributed by atoms with Crippen molar-refractivity contribution in [3.63, 3.8) is 0 Å². The van der Waals surface area contributed by atoms with Gasteiger partial charge in [0.1, 0.15) is 6.29 Å². The lowest BCUT2D eigenvalue weighted by Gasteiger charge is -2.61. The smallest absolute Gasteiger partial charge is 0.169 e. The van der Waals surface area contributed by atoms with Crippen LogP contribution in [-0.4, -0.2) is 36.5 Å². The molecule has 0 unspecified atom stereocenters. The van der Waals surface area contributed by atoms with Crippen molar-refractivity contribution in [2.75, 3.05) is 13.2 Å². The Hall–Kier alpha value is -0.450. The highest BCUT2D eigenvalue weighted by atomic mass is 16.7. The van der Waals surface area contributed by atoms with Crippen LogP contribution in [0.5, 0.6) is 0 Å². The molecule has 1 heterocycles. The zero-order valence-electron chi connectivity index (χ0n) is 17.7. The van der Waals surface area contributed by atoms with E-state index in [9.17, 15) is 9.90 Å². The molecule has 28 heavy (non-hydrogen) atoms. The number of aliphatic hydroxyl groups excluding tert-OH is 1. The largest absolute Gasteiger partial charge is 0.393 e. The van der Waals surface area contributed by atoms with Crippen LogP contribution in [0, 0.1) is 40.4 Å². The van der Waals surface area contributed by atoms with Crippen molar-refractivity contribution < 1.29 is 19.4 Å². The van der Waals surface area contributed by atoms with Crippen LogP contribution >= 0.6 is 0 Å². The van der Waals surface area contributed by atoms with Gasteiger partial charge in [0.25, 0.3) is 0 Å². The van der Waals surface area contributed by atoms with E-state index in [1.165, 1.54) is 38.4 Å². The Bertz CT molecular complexity index is 614. The third-order valence-corrected chi connectivity index (χ3v) is 10.3. The second-order valence-corrected chi connectivity index (χ2v) is 11.1. The Balaban J connectivity index is 1.46. The number of fused-ring (bicyclic) bond motifs is 5. The fourth-order valence-corrected chi connectivity index (χ4v) is 9.11. The van der Waals surface area contributed by atoms with Gasteiger partial charge in [-0.15, -0.1) is 0 Å². The zero-order chi connectivity index (χ0) is 19.6. The maximum absolute atomic E-state index is 11.9. The molecule has 0 spiro atoms.